The fraction of sp³-hybridized carbons (Fsp3) is 0.625. The molecule has 0 radical (unpaired) electrons. The van der Waals surface area contributed by atoms with Crippen LogP contribution in [0.3, 0.4) is 0 Å². The van der Waals surface area contributed by atoms with Gasteiger partial charge in [0.2, 0.25) is 0 Å². The van der Waals surface area contributed by atoms with Crippen molar-refractivity contribution in [3.8, 4) is 0 Å². The molecular formula is C16H25N. The summed E-state index contributed by atoms with van der Waals surface area (Å²) < 4.78 is 0. The van der Waals surface area contributed by atoms with E-state index in [1.807, 2.05) is 0 Å². The van der Waals surface area contributed by atoms with Crippen LogP contribution in [-0.2, 0) is 0 Å². The van der Waals surface area contributed by atoms with Crippen molar-refractivity contribution in [3.05, 3.63) is 29.3 Å². The van der Waals surface area contributed by atoms with E-state index in [1.165, 1.54) is 49.7 Å². The van der Waals surface area contributed by atoms with Crippen molar-refractivity contribution in [3.63, 3.8) is 0 Å². The largest absolute Gasteiger partial charge is 0.399 e. The first-order chi connectivity index (χ1) is 8.20. The summed E-state index contributed by atoms with van der Waals surface area (Å²) >= 11 is 0. The minimum absolute atomic E-state index is 0.781. The van der Waals surface area contributed by atoms with Gasteiger partial charge in [0.05, 0.1) is 0 Å². The first-order valence-corrected chi connectivity index (χ1v) is 7.06. The van der Waals surface area contributed by atoms with E-state index >= 15 is 0 Å². The molecule has 2 rings (SSSR count). The van der Waals surface area contributed by atoms with Gasteiger partial charge in [0, 0.05) is 5.69 Å². The van der Waals surface area contributed by atoms with Crippen LogP contribution in [0.2, 0.25) is 0 Å². The van der Waals surface area contributed by atoms with Gasteiger partial charge in [-0.25, -0.2) is 0 Å². The first kappa shape index (κ1) is 12.5. The number of benzene rings is 1. The summed E-state index contributed by atoms with van der Waals surface area (Å²) in [4.78, 5) is 0. The Labute approximate surface area is 105 Å². The van der Waals surface area contributed by atoms with Gasteiger partial charge >= 0.3 is 0 Å². The Hall–Kier alpha value is -0.980. The topological polar surface area (TPSA) is 26.0 Å². The third kappa shape index (κ3) is 3.02. The highest BCUT2D eigenvalue weighted by Crippen LogP contribution is 2.38. The first-order valence-electron chi connectivity index (χ1n) is 7.06. The molecule has 1 saturated carbocycles. The summed E-state index contributed by atoms with van der Waals surface area (Å²) in [6.45, 7) is 4.50. The second-order valence-electron chi connectivity index (χ2n) is 5.62. The normalized spacial score (nSPS) is 24.8. The average Bonchev–Trinajstić information content (AvgIpc) is 2.31. The molecule has 0 bridgehead atoms. The summed E-state index contributed by atoms with van der Waals surface area (Å²) in [5, 5.41) is 0. The van der Waals surface area contributed by atoms with Crippen LogP contribution < -0.4 is 5.73 Å². The number of aryl methyl sites for hydroxylation is 1. The van der Waals surface area contributed by atoms with Crippen LogP contribution in [0.25, 0.3) is 0 Å². The van der Waals surface area contributed by atoms with E-state index in [0.29, 0.717) is 0 Å². The van der Waals surface area contributed by atoms with Crippen LogP contribution in [0.5, 0.6) is 0 Å². The molecule has 17 heavy (non-hydrogen) atoms. The molecule has 94 valence electrons. The fourth-order valence-corrected chi connectivity index (χ4v) is 3.33. The van der Waals surface area contributed by atoms with Crippen molar-refractivity contribution in [2.24, 2.45) is 5.92 Å². The van der Waals surface area contributed by atoms with Crippen LogP contribution in [0.15, 0.2) is 18.2 Å². The molecule has 1 nitrogen and oxygen atoms in total. The number of nitrogen functional groups attached to an aromatic ring is 1. The molecule has 1 fully saturated rings. The van der Waals surface area contributed by atoms with Crippen molar-refractivity contribution >= 4 is 5.69 Å². The number of hydrogen-bond acceptors (Lipinski definition) is 1. The van der Waals surface area contributed by atoms with Gasteiger partial charge in [0.15, 0.2) is 0 Å². The van der Waals surface area contributed by atoms with E-state index in [9.17, 15) is 0 Å². The predicted molar refractivity (Wildman–Crippen MR) is 75.2 cm³/mol. The van der Waals surface area contributed by atoms with Crippen LogP contribution in [0.1, 0.15) is 62.5 Å². The molecule has 2 N–H and O–H groups in total. The van der Waals surface area contributed by atoms with Gasteiger partial charge in [-0.2, -0.15) is 0 Å². The molecule has 0 saturated heterocycles. The highest BCUT2D eigenvalue weighted by molar-refractivity contribution is 5.45. The maximum absolute atomic E-state index is 5.82. The molecule has 0 amide bonds. The zero-order chi connectivity index (χ0) is 12.3. The minimum Gasteiger partial charge on any atom is -0.399 e. The Bertz CT molecular complexity index is 362. The zero-order valence-electron chi connectivity index (χ0n) is 11.2. The second kappa shape index (κ2) is 5.57. The van der Waals surface area contributed by atoms with E-state index in [4.69, 9.17) is 5.73 Å². The van der Waals surface area contributed by atoms with Crippen LogP contribution >= 0.6 is 0 Å². The van der Waals surface area contributed by atoms with Crippen LogP contribution in [0.4, 0.5) is 5.69 Å². The Morgan fingerprint density at radius 2 is 1.88 bits per heavy atom. The van der Waals surface area contributed by atoms with E-state index in [1.54, 1.807) is 0 Å². The van der Waals surface area contributed by atoms with Gasteiger partial charge in [0.1, 0.15) is 0 Å². The molecule has 0 heterocycles. The lowest BCUT2D eigenvalue weighted by atomic mass is 9.76. The second-order valence-corrected chi connectivity index (χ2v) is 5.62. The molecule has 1 aromatic carbocycles. The third-order valence-corrected chi connectivity index (χ3v) is 4.28. The molecule has 0 atom stereocenters. The highest BCUT2D eigenvalue weighted by atomic mass is 14.5. The maximum atomic E-state index is 5.82. The molecule has 1 heteroatoms. The summed E-state index contributed by atoms with van der Waals surface area (Å²) in [5.74, 6) is 1.77. The monoisotopic (exact) mass is 231 g/mol. The lowest BCUT2D eigenvalue weighted by Crippen LogP contribution is -2.14. The van der Waals surface area contributed by atoms with Gasteiger partial charge in [-0.05, 0) is 67.7 Å². The molecule has 1 aromatic rings. The average molecular weight is 231 g/mol. The Kier molecular flexibility index (Phi) is 4.09. The standard InChI is InChI=1S/C16H25N/c1-3-4-13-5-7-14(8-6-13)16-10-9-15(17)11-12(16)2/h9-11,13-14H,3-8,17H2,1-2H3. The van der Waals surface area contributed by atoms with Crippen molar-refractivity contribution < 1.29 is 0 Å². The fourth-order valence-electron chi connectivity index (χ4n) is 3.33. The quantitative estimate of drug-likeness (QED) is 0.753. The van der Waals surface area contributed by atoms with Crippen molar-refractivity contribution in [1.29, 1.82) is 0 Å². The molecule has 0 spiro atoms. The predicted octanol–water partition coefficient (Wildman–Crippen LogP) is 4.65. The van der Waals surface area contributed by atoms with Gasteiger partial charge < -0.3 is 5.73 Å². The highest BCUT2D eigenvalue weighted by Gasteiger charge is 2.22. The molecule has 0 unspecified atom stereocenters. The Morgan fingerprint density at radius 1 is 1.18 bits per heavy atom. The smallest absolute Gasteiger partial charge is 0.0316 e. The lowest BCUT2D eigenvalue weighted by molar-refractivity contribution is 0.308. The minimum atomic E-state index is 0.781. The molecule has 0 aromatic heterocycles. The summed E-state index contributed by atoms with van der Waals surface area (Å²) in [6, 6.07) is 6.42. The Balaban J connectivity index is 2.00. The van der Waals surface area contributed by atoms with Crippen molar-refractivity contribution in [2.45, 2.75) is 58.3 Å². The summed E-state index contributed by atoms with van der Waals surface area (Å²) in [5.41, 5.74) is 9.63. The van der Waals surface area contributed by atoms with Gasteiger partial charge in [0.25, 0.3) is 0 Å². The maximum Gasteiger partial charge on any atom is 0.0316 e. The zero-order valence-corrected chi connectivity index (χ0v) is 11.2. The van der Waals surface area contributed by atoms with Crippen molar-refractivity contribution in [1.82, 2.24) is 0 Å². The molecule has 0 aliphatic heterocycles. The number of rotatable bonds is 3. The molecular weight excluding hydrogens is 206 g/mol. The van der Waals surface area contributed by atoms with E-state index < -0.39 is 0 Å². The van der Waals surface area contributed by atoms with Crippen molar-refractivity contribution in [2.75, 3.05) is 5.73 Å². The summed E-state index contributed by atoms with van der Waals surface area (Å²) in [7, 11) is 0. The molecule has 1 aliphatic carbocycles. The van der Waals surface area contributed by atoms with Gasteiger partial charge in [-0.1, -0.05) is 25.8 Å². The third-order valence-electron chi connectivity index (χ3n) is 4.28. The lowest BCUT2D eigenvalue weighted by Gasteiger charge is -2.29. The van der Waals surface area contributed by atoms with Crippen LogP contribution in [-0.4, -0.2) is 0 Å². The summed E-state index contributed by atoms with van der Waals surface area (Å²) in [6.07, 6.45) is 8.35. The van der Waals surface area contributed by atoms with E-state index in [0.717, 1.165) is 17.5 Å². The van der Waals surface area contributed by atoms with E-state index in [2.05, 4.69) is 32.0 Å². The van der Waals surface area contributed by atoms with Crippen LogP contribution in [0, 0.1) is 12.8 Å². The molecule has 1 aliphatic rings. The SMILES string of the molecule is CCCC1CCC(c2ccc(N)cc2C)CC1. The van der Waals surface area contributed by atoms with E-state index in [-0.39, 0.29) is 0 Å². The van der Waals surface area contributed by atoms with Gasteiger partial charge in [-0.3, -0.25) is 0 Å². The number of nitrogens with two attached hydrogens (primary N) is 1. The number of hydrogen-bond donors (Lipinski definition) is 1. The Morgan fingerprint density at radius 3 is 2.47 bits per heavy atom. The number of anilines is 1. The van der Waals surface area contributed by atoms with Gasteiger partial charge in [-0.15, -0.1) is 0 Å².